The maximum absolute atomic E-state index is 11.5. The van der Waals surface area contributed by atoms with Crippen LogP contribution in [0.3, 0.4) is 0 Å². The van der Waals surface area contributed by atoms with Gasteiger partial charge in [-0.2, -0.15) is 13.2 Å². The van der Waals surface area contributed by atoms with Crippen LogP contribution in [0.5, 0.6) is 0 Å². The van der Waals surface area contributed by atoms with Gasteiger partial charge in [-0.25, -0.2) is 0 Å². The smallest absolute Gasteiger partial charge is 0.286 e. The van der Waals surface area contributed by atoms with Gasteiger partial charge in [-0.3, -0.25) is 4.79 Å². The Bertz CT molecular complexity index is 133. The van der Waals surface area contributed by atoms with Crippen molar-refractivity contribution in [3.8, 4) is 0 Å². The molecule has 0 aromatic carbocycles. The minimum absolute atomic E-state index is 1.29. The normalized spacial score (nSPS) is 13.4. The Morgan fingerprint density at radius 2 is 1.60 bits per heavy atom. The summed E-state index contributed by atoms with van der Waals surface area (Å²) < 4.78 is 32.9. The van der Waals surface area contributed by atoms with E-state index in [4.69, 9.17) is 0 Å². The molecule has 0 amide bonds. The van der Waals surface area contributed by atoms with Crippen LogP contribution in [0.4, 0.5) is 13.2 Å². The zero-order chi connectivity index (χ0) is 8.58. The lowest BCUT2D eigenvalue weighted by Gasteiger charge is -2.12. The standard InChI is InChI=1S/C3Br2F3IO/c4-2(5,9)1(10)3(6,7)8. The average molecular weight is 396 g/mol. The fourth-order valence-corrected chi connectivity index (χ4v) is 0.916. The predicted molar refractivity (Wildman–Crippen MR) is 45.7 cm³/mol. The third-order valence-corrected chi connectivity index (χ3v) is 1.73. The van der Waals surface area contributed by atoms with Crippen LogP contribution in [0.1, 0.15) is 0 Å². The highest BCUT2D eigenvalue weighted by Crippen LogP contribution is 2.40. The zero-order valence-corrected chi connectivity index (χ0v) is 9.51. The van der Waals surface area contributed by atoms with Gasteiger partial charge >= 0.3 is 6.18 Å². The Morgan fingerprint density at radius 1 is 1.30 bits per heavy atom. The third kappa shape index (κ3) is 3.51. The van der Waals surface area contributed by atoms with Gasteiger partial charge in [0.15, 0.2) is 1.24 Å². The predicted octanol–water partition coefficient (Wildman–Crippen LogP) is 3.00. The van der Waals surface area contributed by atoms with E-state index in [2.05, 4.69) is 31.9 Å². The van der Waals surface area contributed by atoms with E-state index in [1.54, 1.807) is 0 Å². The molecule has 0 aliphatic rings. The lowest BCUT2D eigenvalue weighted by Crippen LogP contribution is -2.33. The molecule has 0 saturated carbocycles. The number of ketones is 1. The molecule has 0 bridgehead atoms. The fraction of sp³-hybridized carbons (Fsp3) is 0.667. The van der Waals surface area contributed by atoms with Gasteiger partial charge in [0.2, 0.25) is 0 Å². The van der Waals surface area contributed by atoms with Gasteiger partial charge < -0.3 is 0 Å². The topological polar surface area (TPSA) is 17.1 Å². The first-order chi connectivity index (χ1) is 4.15. The summed E-state index contributed by atoms with van der Waals surface area (Å²) in [6.07, 6.45) is -4.80. The summed E-state index contributed by atoms with van der Waals surface area (Å²) in [6, 6.07) is 0. The average Bonchev–Trinajstić information content (AvgIpc) is 1.59. The zero-order valence-electron chi connectivity index (χ0n) is 4.18. The third-order valence-electron chi connectivity index (χ3n) is 0.515. The van der Waals surface area contributed by atoms with Crippen LogP contribution in [-0.4, -0.2) is 13.2 Å². The number of hydrogen-bond donors (Lipinski definition) is 0. The van der Waals surface area contributed by atoms with Crippen molar-refractivity contribution >= 4 is 60.2 Å². The van der Waals surface area contributed by atoms with Crippen molar-refractivity contribution in [2.24, 2.45) is 0 Å². The molecule has 0 unspecified atom stereocenters. The van der Waals surface area contributed by atoms with Crippen molar-refractivity contribution in [2.45, 2.75) is 7.42 Å². The van der Waals surface area contributed by atoms with E-state index in [1.807, 2.05) is 0 Å². The number of alkyl halides is 6. The van der Waals surface area contributed by atoms with E-state index in [0.717, 1.165) is 0 Å². The second-order valence-electron chi connectivity index (χ2n) is 1.32. The number of halogens is 6. The van der Waals surface area contributed by atoms with Gasteiger partial charge in [0.05, 0.1) is 0 Å². The summed E-state index contributed by atoms with van der Waals surface area (Å²) in [5.74, 6) is -1.86. The number of rotatable bonds is 1. The molecule has 0 fully saturated rings. The first kappa shape index (κ1) is 11.2. The molecule has 0 N–H and O–H groups in total. The van der Waals surface area contributed by atoms with E-state index in [0.29, 0.717) is 0 Å². The molecule has 10 heavy (non-hydrogen) atoms. The van der Waals surface area contributed by atoms with E-state index in [-0.39, 0.29) is 0 Å². The molecule has 0 radical (unpaired) electrons. The molecule has 0 aliphatic heterocycles. The monoisotopic (exact) mass is 394 g/mol. The summed E-state index contributed by atoms with van der Waals surface area (Å²) in [7, 11) is 0. The van der Waals surface area contributed by atoms with Crippen molar-refractivity contribution in [2.75, 3.05) is 0 Å². The summed E-state index contributed by atoms with van der Waals surface area (Å²) in [5, 5.41) is 0. The number of carbonyl (C=O) groups excluding carboxylic acids is 1. The molecule has 0 rings (SSSR count). The van der Waals surface area contributed by atoms with Crippen LogP contribution < -0.4 is 0 Å². The van der Waals surface area contributed by atoms with E-state index in [9.17, 15) is 18.0 Å². The van der Waals surface area contributed by atoms with Crippen LogP contribution in [-0.2, 0) is 4.79 Å². The van der Waals surface area contributed by atoms with Gasteiger partial charge in [0.1, 0.15) is 0 Å². The first-order valence-electron chi connectivity index (χ1n) is 1.84. The van der Waals surface area contributed by atoms with Crippen molar-refractivity contribution in [1.82, 2.24) is 0 Å². The van der Waals surface area contributed by atoms with Gasteiger partial charge in [-0.1, -0.05) is 31.9 Å². The minimum Gasteiger partial charge on any atom is -0.286 e. The SMILES string of the molecule is O=C(C(F)(F)F)C(Br)(Br)I. The lowest BCUT2D eigenvalue weighted by molar-refractivity contribution is -0.168. The molecule has 0 aliphatic carbocycles. The van der Waals surface area contributed by atoms with Gasteiger partial charge in [0.25, 0.3) is 5.78 Å². The van der Waals surface area contributed by atoms with Crippen LogP contribution in [0.2, 0.25) is 0 Å². The number of carbonyl (C=O) groups is 1. The highest BCUT2D eigenvalue weighted by molar-refractivity contribution is 14.1. The summed E-state index contributed by atoms with van der Waals surface area (Å²) in [5.41, 5.74) is 0. The summed E-state index contributed by atoms with van der Waals surface area (Å²) in [4.78, 5) is 10.3. The Morgan fingerprint density at radius 3 is 1.60 bits per heavy atom. The maximum Gasteiger partial charge on any atom is 0.453 e. The lowest BCUT2D eigenvalue weighted by atomic mass is 10.4. The summed E-state index contributed by atoms with van der Waals surface area (Å²) >= 11 is 6.32. The second-order valence-corrected chi connectivity index (χ2v) is 9.35. The minimum atomic E-state index is -4.80. The van der Waals surface area contributed by atoms with E-state index < -0.39 is 13.2 Å². The van der Waals surface area contributed by atoms with Gasteiger partial charge in [-0.05, 0) is 22.6 Å². The van der Waals surface area contributed by atoms with Gasteiger partial charge in [0, 0.05) is 0 Å². The van der Waals surface area contributed by atoms with E-state index >= 15 is 0 Å². The largest absolute Gasteiger partial charge is 0.453 e. The van der Waals surface area contributed by atoms with Crippen molar-refractivity contribution in [3.05, 3.63) is 0 Å². The number of hydrogen-bond acceptors (Lipinski definition) is 1. The van der Waals surface area contributed by atoms with Crippen LogP contribution >= 0.6 is 54.5 Å². The second kappa shape index (κ2) is 3.26. The molecule has 0 aromatic heterocycles. The Labute approximate surface area is 85.1 Å². The molecule has 0 heterocycles. The fourth-order valence-electron chi connectivity index (χ4n) is 0.161. The molecular formula is C3Br2F3IO. The Kier molecular flexibility index (Phi) is 3.63. The molecule has 1 nitrogen and oxygen atoms in total. The maximum atomic E-state index is 11.5. The van der Waals surface area contributed by atoms with Gasteiger partial charge in [-0.15, -0.1) is 0 Å². The van der Waals surface area contributed by atoms with Crippen LogP contribution in [0, 0.1) is 0 Å². The van der Waals surface area contributed by atoms with Crippen LogP contribution in [0.25, 0.3) is 0 Å². The molecular weight excluding hydrogens is 396 g/mol. The van der Waals surface area contributed by atoms with E-state index in [1.165, 1.54) is 22.6 Å². The highest BCUT2D eigenvalue weighted by Gasteiger charge is 2.49. The summed E-state index contributed by atoms with van der Waals surface area (Å²) in [6.45, 7) is 0. The van der Waals surface area contributed by atoms with Crippen molar-refractivity contribution < 1.29 is 18.0 Å². The Balaban J connectivity index is 4.40. The quantitative estimate of drug-likeness (QED) is 0.493. The first-order valence-corrected chi connectivity index (χ1v) is 4.50. The molecule has 0 saturated heterocycles. The van der Waals surface area contributed by atoms with Crippen LogP contribution in [0.15, 0.2) is 0 Å². The molecule has 0 aromatic rings. The van der Waals surface area contributed by atoms with Crippen molar-refractivity contribution in [3.63, 3.8) is 0 Å². The number of Topliss-reactive ketones (excluding diaryl/α,β-unsaturated/α-hetero) is 1. The molecule has 60 valence electrons. The molecule has 0 atom stereocenters. The molecule has 0 spiro atoms. The Hall–Kier alpha value is 1.15. The highest BCUT2D eigenvalue weighted by atomic mass is 127. The van der Waals surface area contributed by atoms with Crippen molar-refractivity contribution in [1.29, 1.82) is 0 Å². The molecule has 7 heteroatoms.